The Balaban J connectivity index is 1.53. The average Bonchev–Trinajstić information content (AvgIpc) is 3.43. The van der Waals surface area contributed by atoms with Gasteiger partial charge < -0.3 is 20.3 Å². The van der Waals surface area contributed by atoms with E-state index in [1.807, 2.05) is 56.3 Å². The smallest absolute Gasteiger partial charge is 0.274 e. The molecule has 3 aromatic rings. The zero-order valence-corrected chi connectivity index (χ0v) is 25.3. The van der Waals surface area contributed by atoms with Crippen molar-refractivity contribution in [1.29, 1.82) is 0 Å². The minimum atomic E-state index is -0.911. The number of hydrogen-bond donors (Lipinski definition) is 3. The van der Waals surface area contributed by atoms with E-state index >= 15 is 0 Å². The van der Waals surface area contributed by atoms with Gasteiger partial charge in [-0.15, -0.1) is 0 Å². The Labute approximate surface area is 252 Å². The van der Waals surface area contributed by atoms with Gasteiger partial charge in [-0.25, -0.2) is 0 Å². The number of nitrogens with zero attached hydrogens (tertiary/aromatic N) is 1. The maximum atomic E-state index is 13.9. The first-order valence-electron chi connectivity index (χ1n) is 15.3. The van der Waals surface area contributed by atoms with Crippen LogP contribution in [0, 0.1) is 24.7 Å². The first-order valence-corrected chi connectivity index (χ1v) is 15.3. The molecule has 1 aliphatic rings. The van der Waals surface area contributed by atoms with Gasteiger partial charge in [0.2, 0.25) is 5.91 Å². The predicted octanol–water partition coefficient (Wildman–Crippen LogP) is 4.73. The summed E-state index contributed by atoms with van der Waals surface area (Å²) in [7, 11) is 0. The van der Waals surface area contributed by atoms with Crippen molar-refractivity contribution >= 4 is 34.2 Å². The molecule has 1 heterocycles. The molecule has 0 aliphatic heterocycles. The highest BCUT2D eigenvalue weighted by Crippen LogP contribution is 2.26. The predicted molar refractivity (Wildman–Crippen MR) is 163 cm³/mol. The molecule has 4 rings (SSSR count). The maximum Gasteiger partial charge on any atom is 0.274 e. The van der Waals surface area contributed by atoms with Crippen LogP contribution in [0.25, 0.3) is 10.8 Å². The summed E-state index contributed by atoms with van der Waals surface area (Å²) in [6.45, 7) is 5.37. The van der Waals surface area contributed by atoms with Crippen LogP contribution >= 0.6 is 0 Å². The Morgan fingerprint density at radius 2 is 1.84 bits per heavy atom. The van der Waals surface area contributed by atoms with Gasteiger partial charge in [0.25, 0.3) is 5.91 Å². The Morgan fingerprint density at radius 1 is 1.07 bits per heavy atom. The van der Waals surface area contributed by atoms with E-state index in [-0.39, 0.29) is 54.5 Å². The second-order valence-corrected chi connectivity index (χ2v) is 12.2. The Bertz CT molecular complexity index is 1430. The molecule has 0 unspecified atom stereocenters. The third kappa shape index (κ3) is 8.83. The molecule has 0 bridgehead atoms. The van der Waals surface area contributed by atoms with Gasteiger partial charge in [-0.05, 0) is 54.9 Å². The Morgan fingerprint density at radius 3 is 2.53 bits per heavy atom. The van der Waals surface area contributed by atoms with Crippen molar-refractivity contribution in [2.45, 2.75) is 84.2 Å². The van der Waals surface area contributed by atoms with Crippen LogP contribution in [-0.4, -0.2) is 52.3 Å². The van der Waals surface area contributed by atoms with E-state index in [2.05, 4.69) is 15.8 Å². The fourth-order valence-electron chi connectivity index (χ4n) is 6.02. The van der Waals surface area contributed by atoms with Crippen molar-refractivity contribution < 1.29 is 28.8 Å². The summed E-state index contributed by atoms with van der Waals surface area (Å²) in [4.78, 5) is 52.9. The molecule has 1 fully saturated rings. The van der Waals surface area contributed by atoms with Crippen molar-refractivity contribution in [3.05, 3.63) is 65.5 Å². The van der Waals surface area contributed by atoms with Crippen molar-refractivity contribution in [2.75, 3.05) is 6.61 Å². The minimum Gasteiger partial charge on any atom is -0.394 e. The molecule has 9 heteroatoms. The number of fused-ring (bicyclic) bond motifs is 1. The van der Waals surface area contributed by atoms with Crippen LogP contribution in [0.5, 0.6) is 0 Å². The van der Waals surface area contributed by atoms with Crippen LogP contribution < -0.4 is 10.6 Å². The van der Waals surface area contributed by atoms with E-state index in [0.29, 0.717) is 25.0 Å². The third-order valence-electron chi connectivity index (χ3n) is 8.25. The number of carbonyl (C=O) groups excluding carboxylic acids is 4. The largest absolute Gasteiger partial charge is 0.394 e. The normalized spacial score (nSPS) is 17.4. The maximum absolute atomic E-state index is 13.9. The number of benzene rings is 2. The standard InChI is InChI=1S/C34H43N3O6/c1-21(2)15-26(33(41)35-27(20-38)17-25-10-5-7-14-31(25)39)19-32(40)29(36-34(42)30-16-22(3)43-37-30)18-24-12-8-11-23-9-4-6-13-28(23)24/h4,6,8-9,11-13,16,21,25-27,29,38H,5,7,10,14-15,17-20H2,1-3H3,(H,35,41)(H,36,42)/t25-,26+,27-,29+/m0/s1. The zero-order valence-electron chi connectivity index (χ0n) is 25.3. The molecule has 2 amide bonds. The van der Waals surface area contributed by atoms with Crippen LogP contribution in [0.4, 0.5) is 0 Å². The van der Waals surface area contributed by atoms with Crippen LogP contribution in [-0.2, 0) is 20.8 Å². The molecule has 1 saturated carbocycles. The number of nitrogens with one attached hydrogen (secondary N) is 2. The van der Waals surface area contributed by atoms with Gasteiger partial charge in [0.15, 0.2) is 11.5 Å². The van der Waals surface area contributed by atoms with E-state index < -0.39 is 23.9 Å². The summed E-state index contributed by atoms with van der Waals surface area (Å²) >= 11 is 0. The molecular formula is C34H43N3O6. The average molecular weight is 590 g/mol. The quantitative estimate of drug-likeness (QED) is 0.247. The Hall–Kier alpha value is -3.85. The molecular weight excluding hydrogens is 546 g/mol. The highest BCUT2D eigenvalue weighted by Gasteiger charge is 2.32. The van der Waals surface area contributed by atoms with Crippen molar-refractivity contribution in [3.63, 3.8) is 0 Å². The number of carbonyl (C=O) groups is 4. The number of aromatic nitrogens is 1. The summed E-state index contributed by atoms with van der Waals surface area (Å²) in [6.07, 6.45) is 4.15. The van der Waals surface area contributed by atoms with Gasteiger partial charge in [0.1, 0.15) is 11.5 Å². The molecule has 3 N–H and O–H groups in total. The highest BCUT2D eigenvalue weighted by atomic mass is 16.5. The summed E-state index contributed by atoms with van der Waals surface area (Å²) in [6, 6.07) is 13.7. The van der Waals surface area contributed by atoms with Gasteiger partial charge in [-0.2, -0.15) is 0 Å². The lowest BCUT2D eigenvalue weighted by molar-refractivity contribution is -0.132. The molecule has 1 aromatic heterocycles. The van der Waals surface area contributed by atoms with Crippen molar-refractivity contribution in [1.82, 2.24) is 15.8 Å². The monoisotopic (exact) mass is 589 g/mol. The van der Waals surface area contributed by atoms with Crippen LogP contribution in [0.1, 0.15) is 80.6 Å². The zero-order chi connectivity index (χ0) is 30.9. The van der Waals surface area contributed by atoms with Crippen LogP contribution in [0.15, 0.2) is 53.1 Å². The van der Waals surface area contributed by atoms with Crippen LogP contribution in [0.3, 0.4) is 0 Å². The number of aliphatic hydroxyl groups excluding tert-OH is 1. The lowest BCUT2D eigenvalue weighted by Crippen LogP contribution is -2.46. The van der Waals surface area contributed by atoms with E-state index in [1.54, 1.807) is 6.92 Å². The first kappa shape index (κ1) is 32.1. The van der Waals surface area contributed by atoms with E-state index in [9.17, 15) is 24.3 Å². The number of amides is 2. The third-order valence-corrected chi connectivity index (χ3v) is 8.25. The number of ketones is 2. The number of aliphatic hydroxyl groups is 1. The van der Waals surface area contributed by atoms with E-state index in [1.165, 1.54) is 6.07 Å². The van der Waals surface area contributed by atoms with Gasteiger partial charge in [-0.1, -0.05) is 67.9 Å². The fourth-order valence-corrected chi connectivity index (χ4v) is 6.02. The van der Waals surface area contributed by atoms with Gasteiger partial charge in [0.05, 0.1) is 18.7 Å². The molecule has 4 atom stereocenters. The fraction of sp³-hybridized carbons (Fsp3) is 0.500. The first-order chi connectivity index (χ1) is 20.6. The van der Waals surface area contributed by atoms with E-state index in [0.717, 1.165) is 35.6 Å². The molecule has 0 radical (unpaired) electrons. The highest BCUT2D eigenvalue weighted by molar-refractivity contribution is 5.98. The molecule has 43 heavy (non-hydrogen) atoms. The summed E-state index contributed by atoms with van der Waals surface area (Å²) in [5, 5.41) is 21.6. The molecule has 0 spiro atoms. The lowest BCUT2D eigenvalue weighted by Gasteiger charge is -2.27. The second-order valence-electron chi connectivity index (χ2n) is 12.2. The molecule has 2 aromatic carbocycles. The molecule has 230 valence electrons. The minimum absolute atomic E-state index is 0.0766. The van der Waals surface area contributed by atoms with Gasteiger partial charge in [-0.3, -0.25) is 19.2 Å². The molecule has 9 nitrogen and oxygen atoms in total. The summed E-state index contributed by atoms with van der Waals surface area (Å²) in [5.74, 6) is -1.18. The molecule has 0 saturated heterocycles. The molecule has 1 aliphatic carbocycles. The summed E-state index contributed by atoms with van der Waals surface area (Å²) in [5.41, 5.74) is 0.975. The number of aryl methyl sites for hydroxylation is 1. The SMILES string of the molecule is Cc1cc(C(=O)N[C@H](Cc2cccc3ccccc23)C(=O)C[C@@H](CC(C)C)C(=O)N[C@H](CO)C[C@@H]2CCCCC2=O)no1. The second kappa shape index (κ2) is 15.0. The summed E-state index contributed by atoms with van der Waals surface area (Å²) < 4.78 is 5.06. The van der Waals surface area contributed by atoms with Crippen molar-refractivity contribution in [3.8, 4) is 0 Å². The number of hydrogen-bond acceptors (Lipinski definition) is 7. The van der Waals surface area contributed by atoms with E-state index in [4.69, 9.17) is 4.52 Å². The Kier molecular flexibility index (Phi) is 11.2. The van der Waals surface area contributed by atoms with Crippen molar-refractivity contribution in [2.24, 2.45) is 17.8 Å². The number of Topliss-reactive ketones (excluding diaryl/α,β-unsaturated/α-hetero) is 2. The van der Waals surface area contributed by atoms with Gasteiger partial charge in [0, 0.05) is 37.2 Å². The topological polar surface area (TPSA) is 139 Å². The number of rotatable bonds is 14. The van der Waals surface area contributed by atoms with Gasteiger partial charge >= 0.3 is 0 Å². The lowest BCUT2D eigenvalue weighted by atomic mass is 9.83. The van der Waals surface area contributed by atoms with Crippen LogP contribution in [0.2, 0.25) is 0 Å².